The Morgan fingerprint density at radius 2 is 1.91 bits per heavy atom. The van der Waals surface area contributed by atoms with Gasteiger partial charge in [-0.1, -0.05) is 0 Å². The zero-order valence-corrected chi connectivity index (χ0v) is 14.1. The van der Waals surface area contributed by atoms with Gasteiger partial charge in [-0.25, -0.2) is 0 Å². The van der Waals surface area contributed by atoms with Gasteiger partial charge < -0.3 is 14.5 Å². The summed E-state index contributed by atoms with van der Waals surface area (Å²) in [6, 6.07) is 10.9. The number of rotatable bonds is 7. The molecule has 1 aromatic heterocycles. The molecule has 1 amide bonds. The number of hydrogen-bond acceptors (Lipinski definition) is 4. The Morgan fingerprint density at radius 1 is 1.22 bits per heavy atom. The first-order chi connectivity index (χ1) is 11.0. The van der Waals surface area contributed by atoms with E-state index in [0.717, 1.165) is 11.5 Å². The predicted octanol–water partition coefficient (Wildman–Crippen LogP) is 3.10. The van der Waals surface area contributed by atoms with E-state index in [4.69, 9.17) is 9.15 Å². The third-order valence-corrected chi connectivity index (χ3v) is 3.44. The minimum atomic E-state index is -0.112. The maximum Gasteiger partial charge on any atom is 0.251 e. The van der Waals surface area contributed by atoms with E-state index in [1.807, 2.05) is 57.1 Å². The van der Waals surface area contributed by atoms with Crippen LogP contribution in [0.25, 0.3) is 0 Å². The van der Waals surface area contributed by atoms with Gasteiger partial charge in [-0.05, 0) is 64.3 Å². The molecule has 124 valence electrons. The molecular formula is C18H24N2O3. The monoisotopic (exact) mass is 316 g/mol. The third-order valence-electron chi connectivity index (χ3n) is 3.44. The molecule has 0 radical (unpaired) electrons. The molecule has 0 saturated heterocycles. The van der Waals surface area contributed by atoms with Crippen LogP contribution in [-0.2, 0) is 0 Å². The van der Waals surface area contributed by atoms with Gasteiger partial charge in [0.1, 0.15) is 11.5 Å². The zero-order valence-electron chi connectivity index (χ0n) is 14.1. The van der Waals surface area contributed by atoms with E-state index in [0.29, 0.717) is 12.1 Å². The number of carbonyl (C=O) groups is 1. The first-order valence-electron chi connectivity index (χ1n) is 7.72. The van der Waals surface area contributed by atoms with Crippen molar-refractivity contribution in [1.29, 1.82) is 0 Å². The van der Waals surface area contributed by atoms with Crippen LogP contribution in [0.4, 0.5) is 0 Å². The summed E-state index contributed by atoms with van der Waals surface area (Å²) in [5.41, 5.74) is 0.609. The molecule has 0 spiro atoms. The second-order valence-electron chi connectivity index (χ2n) is 5.90. The van der Waals surface area contributed by atoms with Crippen molar-refractivity contribution in [2.45, 2.75) is 26.0 Å². The van der Waals surface area contributed by atoms with E-state index >= 15 is 0 Å². The van der Waals surface area contributed by atoms with E-state index in [9.17, 15) is 4.79 Å². The number of benzene rings is 1. The fraction of sp³-hybridized carbons (Fsp3) is 0.389. The van der Waals surface area contributed by atoms with Gasteiger partial charge in [-0.15, -0.1) is 0 Å². The average Bonchev–Trinajstić information content (AvgIpc) is 3.01. The van der Waals surface area contributed by atoms with Gasteiger partial charge in [0.15, 0.2) is 0 Å². The number of ether oxygens (including phenoxy) is 1. The van der Waals surface area contributed by atoms with Crippen molar-refractivity contribution in [2.75, 3.05) is 20.6 Å². The maximum atomic E-state index is 12.3. The molecule has 0 unspecified atom stereocenters. The lowest BCUT2D eigenvalue weighted by atomic mass is 10.1. The minimum absolute atomic E-state index is 0.00232. The highest BCUT2D eigenvalue weighted by atomic mass is 16.5. The first kappa shape index (κ1) is 17.1. The topological polar surface area (TPSA) is 54.7 Å². The number of hydrogen-bond donors (Lipinski definition) is 1. The largest absolute Gasteiger partial charge is 0.491 e. The van der Waals surface area contributed by atoms with E-state index < -0.39 is 0 Å². The zero-order chi connectivity index (χ0) is 16.8. The van der Waals surface area contributed by atoms with Gasteiger partial charge >= 0.3 is 0 Å². The highest BCUT2D eigenvalue weighted by Gasteiger charge is 2.18. The van der Waals surface area contributed by atoms with Crippen molar-refractivity contribution in [1.82, 2.24) is 10.2 Å². The fourth-order valence-corrected chi connectivity index (χ4v) is 2.27. The number of furan rings is 1. The molecule has 0 aliphatic heterocycles. The van der Waals surface area contributed by atoms with Gasteiger partial charge in [0.05, 0.1) is 18.4 Å². The second kappa shape index (κ2) is 7.83. The molecule has 5 heteroatoms. The quantitative estimate of drug-likeness (QED) is 0.853. The Balaban J connectivity index is 1.95. The number of nitrogens with zero attached hydrogens (tertiary/aromatic N) is 1. The summed E-state index contributed by atoms with van der Waals surface area (Å²) < 4.78 is 11.0. The average molecular weight is 316 g/mol. The molecule has 1 atom stereocenters. The molecule has 5 nitrogen and oxygen atoms in total. The van der Waals surface area contributed by atoms with E-state index in [1.165, 1.54) is 0 Å². The van der Waals surface area contributed by atoms with Crippen LogP contribution in [0.5, 0.6) is 5.75 Å². The number of likely N-dealkylation sites (N-methyl/N-ethyl adjacent to an activating group) is 1. The molecule has 0 bridgehead atoms. The van der Waals surface area contributed by atoms with Crippen molar-refractivity contribution in [3.8, 4) is 5.75 Å². The van der Waals surface area contributed by atoms with Gasteiger partial charge in [-0.3, -0.25) is 9.69 Å². The molecule has 2 aromatic rings. The number of amides is 1. The molecular weight excluding hydrogens is 292 g/mol. The third kappa shape index (κ3) is 4.86. The summed E-state index contributed by atoms with van der Waals surface area (Å²) in [5.74, 6) is 1.48. The molecule has 23 heavy (non-hydrogen) atoms. The van der Waals surface area contributed by atoms with Crippen molar-refractivity contribution < 1.29 is 13.9 Å². The lowest BCUT2D eigenvalue weighted by Gasteiger charge is -2.22. The Kier molecular flexibility index (Phi) is 5.82. The molecule has 0 aliphatic rings. The lowest BCUT2D eigenvalue weighted by molar-refractivity contribution is 0.0939. The molecule has 2 rings (SSSR count). The van der Waals surface area contributed by atoms with Crippen molar-refractivity contribution >= 4 is 5.91 Å². The summed E-state index contributed by atoms with van der Waals surface area (Å²) >= 11 is 0. The predicted molar refractivity (Wildman–Crippen MR) is 89.7 cm³/mol. The van der Waals surface area contributed by atoms with Crippen molar-refractivity contribution in [3.05, 3.63) is 54.0 Å². The molecule has 1 heterocycles. The standard InChI is InChI=1S/C18H24N2O3/c1-13(2)23-15-9-7-14(8-10-15)18(21)19-12-16(20(3)4)17-6-5-11-22-17/h5-11,13,16H,12H2,1-4H3,(H,19,21)/t16-/m1/s1. The van der Waals surface area contributed by atoms with Gasteiger partial charge in [-0.2, -0.15) is 0 Å². The van der Waals surface area contributed by atoms with Gasteiger partial charge in [0.25, 0.3) is 5.91 Å². The van der Waals surface area contributed by atoms with E-state index in [2.05, 4.69) is 5.32 Å². The van der Waals surface area contributed by atoms with Crippen LogP contribution < -0.4 is 10.1 Å². The highest BCUT2D eigenvalue weighted by molar-refractivity contribution is 5.94. The van der Waals surface area contributed by atoms with Crippen LogP contribution in [0.15, 0.2) is 47.1 Å². The summed E-state index contributed by atoms with van der Waals surface area (Å²) in [7, 11) is 3.91. The normalized spacial score (nSPS) is 12.4. The Morgan fingerprint density at radius 3 is 2.43 bits per heavy atom. The Hall–Kier alpha value is -2.27. The minimum Gasteiger partial charge on any atom is -0.491 e. The van der Waals surface area contributed by atoms with E-state index in [-0.39, 0.29) is 18.1 Å². The maximum absolute atomic E-state index is 12.3. The SMILES string of the molecule is CC(C)Oc1ccc(C(=O)NC[C@H](c2ccco2)N(C)C)cc1. The molecule has 1 aromatic carbocycles. The molecule has 0 saturated carbocycles. The molecule has 0 fully saturated rings. The van der Waals surface area contributed by atoms with Crippen LogP contribution in [0, 0.1) is 0 Å². The van der Waals surface area contributed by atoms with Crippen molar-refractivity contribution in [3.63, 3.8) is 0 Å². The summed E-state index contributed by atoms with van der Waals surface area (Å²) in [4.78, 5) is 14.3. The lowest BCUT2D eigenvalue weighted by Crippen LogP contribution is -2.34. The number of carbonyl (C=O) groups excluding carboxylic acids is 1. The Labute approximate surface area is 137 Å². The van der Waals surface area contributed by atoms with Crippen LogP contribution in [-0.4, -0.2) is 37.6 Å². The summed E-state index contributed by atoms with van der Waals surface area (Å²) in [6.07, 6.45) is 1.75. The summed E-state index contributed by atoms with van der Waals surface area (Å²) in [6.45, 7) is 4.41. The molecule has 0 aliphatic carbocycles. The van der Waals surface area contributed by atoms with E-state index in [1.54, 1.807) is 18.4 Å². The molecule has 1 N–H and O–H groups in total. The van der Waals surface area contributed by atoms with Gasteiger partial charge in [0, 0.05) is 12.1 Å². The van der Waals surface area contributed by atoms with Gasteiger partial charge in [0.2, 0.25) is 0 Å². The first-order valence-corrected chi connectivity index (χ1v) is 7.72. The van der Waals surface area contributed by atoms with Crippen LogP contribution >= 0.6 is 0 Å². The smallest absolute Gasteiger partial charge is 0.251 e. The highest BCUT2D eigenvalue weighted by Crippen LogP contribution is 2.18. The van der Waals surface area contributed by atoms with Crippen LogP contribution in [0.3, 0.4) is 0 Å². The van der Waals surface area contributed by atoms with Crippen LogP contribution in [0.1, 0.15) is 36.0 Å². The van der Waals surface area contributed by atoms with Crippen LogP contribution in [0.2, 0.25) is 0 Å². The second-order valence-corrected chi connectivity index (χ2v) is 5.90. The Bertz CT molecular complexity index is 604. The fourth-order valence-electron chi connectivity index (χ4n) is 2.27. The number of nitrogens with one attached hydrogen (secondary N) is 1. The van der Waals surface area contributed by atoms with Crippen molar-refractivity contribution in [2.24, 2.45) is 0 Å². The summed E-state index contributed by atoms with van der Waals surface area (Å²) in [5, 5.41) is 2.95.